The highest BCUT2D eigenvalue weighted by molar-refractivity contribution is 7.18. The summed E-state index contributed by atoms with van der Waals surface area (Å²) in [5.74, 6) is 1.81. The lowest BCUT2D eigenvalue weighted by Crippen LogP contribution is -3.14. The summed E-state index contributed by atoms with van der Waals surface area (Å²) in [5.41, 5.74) is 2.57. The molecule has 7 heteroatoms. The van der Waals surface area contributed by atoms with E-state index in [4.69, 9.17) is 9.47 Å². The van der Waals surface area contributed by atoms with Crippen molar-refractivity contribution >= 4 is 27.4 Å². The van der Waals surface area contributed by atoms with Gasteiger partial charge in [0.15, 0.2) is 0 Å². The maximum Gasteiger partial charge on any atom is 0.138 e. The van der Waals surface area contributed by atoms with Gasteiger partial charge in [-0.05, 0) is 43.7 Å². The van der Waals surface area contributed by atoms with E-state index in [1.54, 1.807) is 24.8 Å². The highest BCUT2D eigenvalue weighted by atomic mass is 32.1. The lowest BCUT2D eigenvalue weighted by Gasteiger charge is -2.32. The summed E-state index contributed by atoms with van der Waals surface area (Å²) in [7, 11) is 1.70. The Morgan fingerprint density at radius 1 is 1.18 bits per heavy atom. The van der Waals surface area contributed by atoms with E-state index in [-0.39, 0.29) is 0 Å². The summed E-state index contributed by atoms with van der Waals surface area (Å²) in [6, 6.07) is 8.74. The molecule has 1 aromatic carbocycles. The van der Waals surface area contributed by atoms with E-state index < -0.39 is 0 Å². The maximum atomic E-state index is 5.58. The highest BCUT2D eigenvalue weighted by Gasteiger charge is 2.27. The van der Waals surface area contributed by atoms with Crippen molar-refractivity contribution in [3.05, 3.63) is 46.6 Å². The first-order valence-corrected chi connectivity index (χ1v) is 10.5. The van der Waals surface area contributed by atoms with Crippen LogP contribution in [0.5, 0.6) is 5.75 Å². The molecular weight excluding hydrogens is 372 g/mol. The van der Waals surface area contributed by atoms with Gasteiger partial charge in [-0.2, -0.15) is 0 Å². The van der Waals surface area contributed by atoms with Gasteiger partial charge in [-0.1, -0.05) is 0 Å². The molecular formula is C21H27N4O2S+. The fourth-order valence-corrected chi connectivity index (χ4v) is 4.83. The minimum absolute atomic E-state index is 0.319. The molecule has 0 bridgehead atoms. The predicted molar refractivity (Wildman–Crippen MR) is 113 cm³/mol. The third-order valence-electron chi connectivity index (χ3n) is 5.58. The number of fused-ring (bicyclic) bond motifs is 1. The van der Waals surface area contributed by atoms with E-state index >= 15 is 0 Å². The Bertz CT molecular complexity index is 935. The fourth-order valence-electron chi connectivity index (χ4n) is 3.83. The number of aromatic nitrogens is 2. The predicted octanol–water partition coefficient (Wildman–Crippen LogP) is 2.39. The lowest BCUT2D eigenvalue weighted by molar-refractivity contribution is -0.937. The number of quaternary nitrogens is 1. The minimum Gasteiger partial charge on any atom is -0.497 e. The van der Waals surface area contributed by atoms with Gasteiger partial charge in [-0.3, -0.25) is 0 Å². The van der Waals surface area contributed by atoms with Crippen molar-refractivity contribution in [1.29, 1.82) is 0 Å². The summed E-state index contributed by atoms with van der Waals surface area (Å²) in [5, 5.41) is 4.78. The quantitative estimate of drug-likeness (QED) is 0.667. The molecule has 4 rings (SSSR count). The molecule has 0 spiro atoms. The van der Waals surface area contributed by atoms with E-state index in [0.717, 1.165) is 54.6 Å². The van der Waals surface area contributed by atoms with Crippen LogP contribution in [0.3, 0.4) is 0 Å². The molecule has 148 valence electrons. The molecule has 0 amide bonds. The Morgan fingerprint density at radius 2 is 1.93 bits per heavy atom. The molecule has 0 aliphatic carbocycles. The van der Waals surface area contributed by atoms with Crippen molar-refractivity contribution in [3.63, 3.8) is 0 Å². The second-order valence-corrected chi connectivity index (χ2v) is 8.37. The number of thiophene rings is 1. The third-order valence-corrected chi connectivity index (χ3v) is 6.70. The molecule has 1 fully saturated rings. The SMILES string of the molecule is COc1ccc([C@@H](CNc2ncnc3sc(C)c(C)c23)[NH+]2CCOCC2)cc1. The average Bonchev–Trinajstić information content (AvgIpc) is 3.04. The molecule has 3 heterocycles. The van der Waals surface area contributed by atoms with E-state index in [0.29, 0.717) is 6.04 Å². The molecule has 1 aliphatic heterocycles. The summed E-state index contributed by atoms with van der Waals surface area (Å²) < 4.78 is 10.9. The average molecular weight is 400 g/mol. The number of rotatable bonds is 6. The molecule has 1 aliphatic rings. The van der Waals surface area contributed by atoms with Crippen LogP contribution in [0.4, 0.5) is 5.82 Å². The first-order valence-electron chi connectivity index (χ1n) is 9.68. The summed E-state index contributed by atoms with van der Waals surface area (Å²) in [4.78, 5) is 12.9. The van der Waals surface area contributed by atoms with Crippen LogP contribution >= 0.6 is 11.3 Å². The van der Waals surface area contributed by atoms with Crippen molar-refractivity contribution in [2.45, 2.75) is 19.9 Å². The van der Waals surface area contributed by atoms with E-state index in [1.165, 1.54) is 20.9 Å². The van der Waals surface area contributed by atoms with Gasteiger partial charge in [-0.25, -0.2) is 9.97 Å². The first kappa shape index (κ1) is 19.1. The van der Waals surface area contributed by atoms with Crippen LogP contribution < -0.4 is 15.0 Å². The zero-order valence-electron chi connectivity index (χ0n) is 16.6. The monoisotopic (exact) mass is 399 g/mol. The number of methoxy groups -OCH3 is 1. The molecule has 0 radical (unpaired) electrons. The Kier molecular flexibility index (Phi) is 5.75. The largest absolute Gasteiger partial charge is 0.497 e. The topological polar surface area (TPSA) is 60.7 Å². The van der Waals surface area contributed by atoms with Crippen LogP contribution in [-0.2, 0) is 4.74 Å². The second-order valence-electron chi connectivity index (χ2n) is 7.16. The molecule has 0 unspecified atom stereocenters. The second kappa shape index (κ2) is 8.43. The van der Waals surface area contributed by atoms with E-state index in [9.17, 15) is 0 Å². The molecule has 1 saturated heterocycles. The van der Waals surface area contributed by atoms with Gasteiger partial charge >= 0.3 is 0 Å². The maximum absolute atomic E-state index is 5.58. The van der Waals surface area contributed by atoms with E-state index in [2.05, 4.69) is 41.3 Å². The molecule has 3 aromatic rings. The Morgan fingerprint density at radius 3 is 2.64 bits per heavy atom. The number of nitrogens with zero attached hydrogens (tertiary/aromatic N) is 2. The summed E-state index contributed by atoms with van der Waals surface area (Å²) in [6.45, 7) is 8.73. The number of hydrogen-bond donors (Lipinski definition) is 2. The van der Waals surface area contributed by atoms with Gasteiger partial charge in [0.05, 0.1) is 32.3 Å². The van der Waals surface area contributed by atoms with Crippen molar-refractivity contribution in [2.24, 2.45) is 0 Å². The molecule has 2 N–H and O–H groups in total. The van der Waals surface area contributed by atoms with Crippen molar-refractivity contribution in [3.8, 4) is 5.75 Å². The number of anilines is 1. The molecule has 28 heavy (non-hydrogen) atoms. The van der Waals surface area contributed by atoms with Crippen LogP contribution in [-0.4, -0.2) is 49.9 Å². The minimum atomic E-state index is 0.319. The number of ether oxygens (including phenoxy) is 2. The zero-order chi connectivity index (χ0) is 19.5. The standard InChI is InChI=1S/C21H26N4O2S/c1-14-15(2)28-21-19(14)20(23-13-24-21)22-12-18(25-8-10-27-11-9-25)16-4-6-17(26-3)7-5-16/h4-7,13,18H,8-12H2,1-3H3,(H,22,23,24)/p+1/t18-/m1/s1. The number of hydrogen-bond acceptors (Lipinski definition) is 6. The first-order chi connectivity index (χ1) is 13.7. The van der Waals surface area contributed by atoms with Gasteiger partial charge in [0.25, 0.3) is 0 Å². The van der Waals surface area contributed by atoms with Gasteiger partial charge in [0, 0.05) is 10.4 Å². The Hall–Kier alpha value is -2.22. The molecule has 2 aromatic heterocycles. The van der Waals surface area contributed by atoms with Crippen LogP contribution in [0.25, 0.3) is 10.2 Å². The summed E-state index contributed by atoms with van der Waals surface area (Å²) >= 11 is 1.73. The number of nitrogens with one attached hydrogen (secondary N) is 2. The third kappa shape index (κ3) is 3.83. The Labute approximate surface area is 169 Å². The normalized spacial score (nSPS) is 16.2. The van der Waals surface area contributed by atoms with Crippen molar-refractivity contribution in [1.82, 2.24) is 9.97 Å². The molecule has 1 atom stereocenters. The van der Waals surface area contributed by atoms with Gasteiger partial charge in [0.2, 0.25) is 0 Å². The number of morpholine rings is 1. The van der Waals surface area contributed by atoms with E-state index in [1.807, 2.05) is 12.1 Å². The van der Waals surface area contributed by atoms with Crippen LogP contribution in [0.2, 0.25) is 0 Å². The number of benzene rings is 1. The van der Waals surface area contributed by atoms with Gasteiger partial charge in [0.1, 0.15) is 41.9 Å². The summed E-state index contributed by atoms with van der Waals surface area (Å²) in [6.07, 6.45) is 1.66. The molecule has 6 nitrogen and oxygen atoms in total. The zero-order valence-corrected chi connectivity index (χ0v) is 17.4. The fraction of sp³-hybridized carbons (Fsp3) is 0.429. The van der Waals surface area contributed by atoms with Crippen molar-refractivity contribution in [2.75, 3.05) is 45.3 Å². The van der Waals surface area contributed by atoms with Gasteiger partial charge < -0.3 is 19.7 Å². The van der Waals surface area contributed by atoms with Crippen molar-refractivity contribution < 1.29 is 14.4 Å². The molecule has 0 saturated carbocycles. The number of aryl methyl sites for hydroxylation is 2. The van der Waals surface area contributed by atoms with Crippen LogP contribution in [0.1, 0.15) is 22.0 Å². The smallest absolute Gasteiger partial charge is 0.138 e. The van der Waals surface area contributed by atoms with Crippen LogP contribution in [0, 0.1) is 13.8 Å². The lowest BCUT2D eigenvalue weighted by atomic mass is 10.0. The Balaban J connectivity index is 1.60. The highest BCUT2D eigenvalue weighted by Crippen LogP contribution is 2.32. The van der Waals surface area contributed by atoms with Gasteiger partial charge in [-0.15, -0.1) is 11.3 Å². The van der Waals surface area contributed by atoms with Crippen LogP contribution in [0.15, 0.2) is 30.6 Å².